The monoisotopic (exact) mass is 441 g/mol. The lowest BCUT2D eigenvalue weighted by Crippen LogP contribution is -2.55. The molecule has 1 heterocycles. The van der Waals surface area contributed by atoms with Gasteiger partial charge in [0.2, 0.25) is 5.91 Å². The van der Waals surface area contributed by atoms with Crippen LogP contribution in [0.4, 0.5) is 5.69 Å². The average Bonchev–Trinajstić information content (AvgIpc) is 3.25. The number of thiocarbonyl (C=S) groups is 1. The van der Waals surface area contributed by atoms with Crippen molar-refractivity contribution in [2.45, 2.75) is 57.5 Å². The van der Waals surface area contributed by atoms with E-state index < -0.39 is 0 Å². The average molecular weight is 442 g/mol. The Bertz CT molecular complexity index is 845. The lowest BCUT2D eigenvalue weighted by molar-refractivity contribution is -0.144. The van der Waals surface area contributed by atoms with Gasteiger partial charge in [-0.3, -0.25) is 9.59 Å². The molecule has 1 unspecified atom stereocenters. The molecule has 4 saturated carbocycles. The number of carbonyl (C=O) groups is 2. The van der Waals surface area contributed by atoms with Gasteiger partial charge in [0.1, 0.15) is 0 Å². The molecular formula is C24H31N3O3S. The molecule has 166 valence electrons. The first-order valence-corrected chi connectivity index (χ1v) is 12.0. The third-order valence-electron chi connectivity index (χ3n) is 7.64. The molecule has 4 bridgehead atoms. The Morgan fingerprint density at radius 2 is 1.81 bits per heavy atom. The van der Waals surface area contributed by atoms with E-state index in [0.29, 0.717) is 40.7 Å². The molecule has 1 aromatic rings. The lowest BCUT2D eigenvalue weighted by atomic mass is 9.49. The minimum atomic E-state index is -0.232. The largest absolute Gasteiger partial charge is 0.376 e. The van der Waals surface area contributed by atoms with Gasteiger partial charge in [0, 0.05) is 24.4 Å². The zero-order valence-corrected chi connectivity index (χ0v) is 18.6. The van der Waals surface area contributed by atoms with Crippen LogP contribution < -0.4 is 16.0 Å². The van der Waals surface area contributed by atoms with Crippen LogP contribution in [0.1, 0.15) is 61.7 Å². The summed E-state index contributed by atoms with van der Waals surface area (Å²) in [6.07, 6.45) is 9.07. The number of benzene rings is 1. The number of anilines is 1. The SMILES string of the molecule is O=C(NCC1CCCO1)c1cccc(NC(=S)NC(=O)C23CC4CC(CC(C4)C2)C3)c1. The second-order valence-electron chi connectivity index (χ2n) is 10.0. The van der Waals surface area contributed by atoms with Crippen molar-refractivity contribution >= 4 is 34.8 Å². The van der Waals surface area contributed by atoms with Crippen LogP contribution >= 0.6 is 12.2 Å². The summed E-state index contributed by atoms with van der Waals surface area (Å²) >= 11 is 5.44. The van der Waals surface area contributed by atoms with Crippen molar-refractivity contribution in [3.8, 4) is 0 Å². The Morgan fingerprint density at radius 3 is 2.45 bits per heavy atom. The van der Waals surface area contributed by atoms with E-state index >= 15 is 0 Å². The van der Waals surface area contributed by atoms with Crippen LogP contribution in [0.15, 0.2) is 24.3 Å². The fourth-order valence-corrected chi connectivity index (χ4v) is 6.85. The Hall–Kier alpha value is -1.99. The summed E-state index contributed by atoms with van der Waals surface area (Å²) in [5.74, 6) is 2.08. The minimum Gasteiger partial charge on any atom is -0.376 e. The van der Waals surface area contributed by atoms with Crippen molar-refractivity contribution in [1.82, 2.24) is 10.6 Å². The topological polar surface area (TPSA) is 79.5 Å². The third kappa shape index (κ3) is 4.48. The van der Waals surface area contributed by atoms with Crippen LogP contribution in [-0.2, 0) is 9.53 Å². The second kappa shape index (κ2) is 8.51. The minimum absolute atomic E-state index is 0.0783. The number of nitrogens with one attached hydrogen (secondary N) is 3. The van der Waals surface area contributed by atoms with E-state index in [-0.39, 0.29) is 23.3 Å². The van der Waals surface area contributed by atoms with Gasteiger partial charge in [-0.05, 0) is 99.5 Å². The molecule has 1 atom stereocenters. The van der Waals surface area contributed by atoms with E-state index in [2.05, 4.69) is 16.0 Å². The molecule has 6 rings (SSSR count). The highest BCUT2D eigenvalue weighted by atomic mass is 32.1. The van der Waals surface area contributed by atoms with E-state index in [1.54, 1.807) is 12.1 Å². The Kier molecular flexibility index (Phi) is 5.73. The highest BCUT2D eigenvalue weighted by molar-refractivity contribution is 7.80. The molecule has 0 spiro atoms. The molecule has 1 saturated heterocycles. The maximum absolute atomic E-state index is 13.2. The first kappa shape index (κ1) is 20.9. The quantitative estimate of drug-likeness (QED) is 0.608. The number of amides is 2. The molecule has 5 aliphatic rings. The Balaban J connectivity index is 1.16. The van der Waals surface area contributed by atoms with Gasteiger partial charge in [0.15, 0.2) is 5.11 Å². The molecule has 2 amide bonds. The van der Waals surface area contributed by atoms with Gasteiger partial charge < -0.3 is 20.7 Å². The van der Waals surface area contributed by atoms with Crippen molar-refractivity contribution in [3.63, 3.8) is 0 Å². The number of ether oxygens (including phenoxy) is 1. The number of hydrogen-bond acceptors (Lipinski definition) is 4. The maximum Gasteiger partial charge on any atom is 0.251 e. The zero-order valence-electron chi connectivity index (χ0n) is 17.8. The Labute approximate surface area is 188 Å². The van der Waals surface area contributed by atoms with Crippen molar-refractivity contribution in [2.75, 3.05) is 18.5 Å². The van der Waals surface area contributed by atoms with E-state index in [1.807, 2.05) is 12.1 Å². The van der Waals surface area contributed by atoms with E-state index in [1.165, 1.54) is 19.3 Å². The zero-order chi connectivity index (χ0) is 21.4. The number of carbonyl (C=O) groups excluding carboxylic acids is 2. The number of rotatable bonds is 5. The summed E-state index contributed by atoms with van der Waals surface area (Å²) in [6.45, 7) is 1.29. The van der Waals surface area contributed by atoms with Gasteiger partial charge >= 0.3 is 0 Å². The van der Waals surface area contributed by atoms with Gasteiger partial charge in [0.05, 0.1) is 11.5 Å². The highest BCUT2D eigenvalue weighted by Gasteiger charge is 2.54. The van der Waals surface area contributed by atoms with Gasteiger partial charge in [-0.25, -0.2) is 0 Å². The number of hydrogen-bond donors (Lipinski definition) is 3. The molecule has 1 aromatic carbocycles. The summed E-state index contributed by atoms with van der Waals surface area (Å²) < 4.78 is 5.56. The summed E-state index contributed by atoms with van der Waals surface area (Å²) in [5.41, 5.74) is 1.02. The molecule has 6 nitrogen and oxygen atoms in total. The first-order chi connectivity index (χ1) is 15.0. The normalized spacial score (nSPS) is 33.2. The van der Waals surface area contributed by atoms with Crippen molar-refractivity contribution in [1.29, 1.82) is 0 Å². The predicted octanol–water partition coefficient (Wildman–Crippen LogP) is 3.62. The smallest absolute Gasteiger partial charge is 0.251 e. The van der Waals surface area contributed by atoms with E-state index in [0.717, 1.165) is 38.7 Å². The maximum atomic E-state index is 13.2. The van der Waals surface area contributed by atoms with Crippen LogP contribution in [0.2, 0.25) is 0 Å². The standard InChI is InChI=1S/C24H31N3O3S/c28-21(25-14-20-5-2-6-30-20)18-3-1-4-19(10-18)26-23(31)27-22(29)24-11-15-7-16(12-24)9-17(8-15)13-24/h1,3-4,10,15-17,20H,2,5-9,11-14H2,(H,25,28)(H2,26,27,29,31). The van der Waals surface area contributed by atoms with Gasteiger partial charge in [0.25, 0.3) is 5.91 Å². The van der Waals surface area contributed by atoms with Gasteiger partial charge in [-0.1, -0.05) is 6.07 Å². The molecular weight excluding hydrogens is 410 g/mol. The first-order valence-electron chi connectivity index (χ1n) is 11.6. The van der Waals surface area contributed by atoms with Crippen LogP contribution in [0, 0.1) is 23.2 Å². The highest BCUT2D eigenvalue weighted by Crippen LogP contribution is 2.60. The fraction of sp³-hybridized carbons (Fsp3) is 0.625. The molecule has 4 aliphatic carbocycles. The molecule has 3 N–H and O–H groups in total. The lowest BCUT2D eigenvalue weighted by Gasteiger charge is -2.55. The third-order valence-corrected chi connectivity index (χ3v) is 7.85. The van der Waals surface area contributed by atoms with Crippen molar-refractivity contribution in [2.24, 2.45) is 23.2 Å². The van der Waals surface area contributed by atoms with Gasteiger partial charge in [-0.2, -0.15) is 0 Å². The summed E-state index contributed by atoms with van der Waals surface area (Å²) in [4.78, 5) is 25.6. The van der Waals surface area contributed by atoms with Crippen molar-refractivity contribution < 1.29 is 14.3 Å². The molecule has 0 aromatic heterocycles. The molecule has 0 radical (unpaired) electrons. The van der Waals surface area contributed by atoms with E-state index in [4.69, 9.17) is 17.0 Å². The molecule has 7 heteroatoms. The van der Waals surface area contributed by atoms with Crippen LogP contribution in [0.25, 0.3) is 0 Å². The predicted molar refractivity (Wildman–Crippen MR) is 123 cm³/mol. The van der Waals surface area contributed by atoms with Gasteiger partial charge in [-0.15, -0.1) is 0 Å². The molecule has 5 fully saturated rings. The van der Waals surface area contributed by atoms with Crippen LogP contribution in [0.5, 0.6) is 0 Å². The van der Waals surface area contributed by atoms with E-state index in [9.17, 15) is 9.59 Å². The van der Waals surface area contributed by atoms with Crippen LogP contribution in [-0.4, -0.2) is 36.2 Å². The Morgan fingerprint density at radius 1 is 1.10 bits per heavy atom. The van der Waals surface area contributed by atoms with Crippen molar-refractivity contribution in [3.05, 3.63) is 29.8 Å². The summed E-state index contributed by atoms with van der Waals surface area (Å²) in [7, 11) is 0. The molecule has 31 heavy (non-hydrogen) atoms. The second-order valence-corrected chi connectivity index (χ2v) is 10.4. The van der Waals surface area contributed by atoms with Crippen LogP contribution in [0.3, 0.4) is 0 Å². The fourth-order valence-electron chi connectivity index (χ4n) is 6.64. The summed E-state index contributed by atoms with van der Waals surface area (Å²) in [5, 5.41) is 9.29. The molecule has 1 aliphatic heterocycles. The summed E-state index contributed by atoms with van der Waals surface area (Å²) in [6, 6.07) is 7.19.